The second-order valence-corrected chi connectivity index (χ2v) is 5.86. The summed E-state index contributed by atoms with van der Waals surface area (Å²) in [5, 5.41) is 12.6. The van der Waals surface area contributed by atoms with E-state index in [1.165, 1.54) is 0 Å². The van der Waals surface area contributed by atoms with Crippen molar-refractivity contribution in [1.82, 2.24) is 0 Å². The van der Waals surface area contributed by atoms with E-state index in [1.54, 1.807) is 24.3 Å². The molecule has 4 heteroatoms. The first-order valence-electron chi connectivity index (χ1n) is 7.33. The van der Waals surface area contributed by atoms with Gasteiger partial charge in [0.1, 0.15) is 17.2 Å². The highest BCUT2D eigenvalue weighted by Gasteiger charge is 2.17. The molecule has 0 N–H and O–H groups in total. The molecule has 24 heavy (non-hydrogen) atoms. The Morgan fingerprint density at radius 3 is 2.42 bits per heavy atom. The van der Waals surface area contributed by atoms with Gasteiger partial charge in [-0.25, -0.2) is 4.79 Å². The lowest BCUT2D eigenvalue weighted by Gasteiger charge is -2.10. The van der Waals surface area contributed by atoms with Gasteiger partial charge in [0.2, 0.25) is 0 Å². The Balaban J connectivity index is 2.22. The van der Waals surface area contributed by atoms with Crippen LogP contribution < -0.4 is 5.63 Å². The molecule has 0 spiro atoms. The molecule has 4 aromatic rings. The number of benzene rings is 3. The van der Waals surface area contributed by atoms with Crippen molar-refractivity contribution in [1.29, 1.82) is 5.26 Å². The summed E-state index contributed by atoms with van der Waals surface area (Å²) in [5.41, 5.74) is 1.18. The molecular weight excluding hydrogens is 322 g/mol. The molecular formula is C20H10ClNO2. The average molecular weight is 332 g/mol. The fourth-order valence-electron chi connectivity index (χ4n) is 2.95. The van der Waals surface area contributed by atoms with Crippen molar-refractivity contribution in [3.05, 3.63) is 81.7 Å². The molecule has 0 saturated heterocycles. The minimum absolute atomic E-state index is 0.0000959. The number of fused-ring (bicyclic) bond motifs is 3. The molecule has 0 aliphatic rings. The summed E-state index contributed by atoms with van der Waals surface area (Å²) < 4.78 is 5.48. The van der Waals surface area contributed by atoms with Gasteiger partial charge in [-0.1, -0.05) is 54.1 Å². The maximum Gasteiger partial charge on any atom is 0.354 e. The van der Waals surface area contributed by atoms with E-state index >= 15 is 0 Å². The fraction of sp³-hybridized carbons (Fsp3) is 0. The van der Waals surface area contributed by atoms with Gasteiger partial charge in [0, 0.05) is 21.4 Å². The topological polar surface area (TPSA) is 54.0 Å². The zero-order valence-corrected chi connectivity index (χ0v) is 13.2. The lowest BCUT2D eigenvalue weighted by Crippen LogP contribution is -2.07. The van der Waals surface area contributed by atoms with Crippen LogP contribution >= 0.6 is 11.6 Å². The van der Waals surface area contributed by atoms with Gasteiger partial charge in [-0.15, -0.1) is 0 Å². The molecule has 0 amide bonds. The first-order valence-corrected chi connectivity index (χ1v) is 7.71. The van der Waals surface area contributed by atoms with E-state index in [1.807, 2.05) is 42.5 Å². The van der Waals surface area contributed by atoms with E-state index in [0.29, 0.717) is 16.2 Å². The maximum absolute atomic E-state index is 12.4. The van der Waals surface area contributed by atoms with Crippen LogP contribution in [0.3, 0.4) is 0 Å². The zero-order valence-electron chi connectivity index (χ0n) is 12.4. The SMILES string of the molecule is N#Cc1c(-c2ccc(Cl)cc2)c2ccc3ccccc3c2oc1=O. The molecule has 1 aromatic heterocycles. The molecule has 114 valence electrons. The third-order valence-electron chi connectivity index (χ3n) is 4.04. The number of halogens is 1. The van der Waals surface area contributed by atoms with Gasteiger partial charge < -0.3 is 4.42 Å². The lowest BCUT2D eigenvalue weighted by atomic mass is 9.95. The van der Waals surface area contributed by atoms with Crippen molar-refractivity contribution in [2.45, 2.75) is 0 Å². The second-order valence-electron chi connectivity index (χ2n) is 5.42. The van der Waals surface area contributed by atoms with E-state index in [9.17, 15) is 10.1 Å². The molecule has 0 bridgehead atoms. The first-order chi connectivity index (χ1) is 11.7. The fourth-order valence-corrected chi connectivity index (χ4v) is 3.07. The second kappa shape index (κ2) is 5.52. The summed E-state index contributed by atoms with van der Waals surface area (Å²) in [6.45, 7) is 0. The highest BCUT2D eigenvalue weighted by Crippen LogP contribution is 2.34. The maximum atomic E-state index is 12.4. The molecule has 3 aromatic carbocycles. The van der Waals surface area contributed by atoms with Crippen molar-refractivity contribution in [3.63, 3.8) is 0 Å². The quantitative estimate of drug-likeness (QED) is 0.358. The number of hydrogen-bond acceptors (Lipinski definition) is 3. The molecule has 0 fully saturated rings. The van der Waals surface area contributed by atoms with Gasteiger partial charge in [-0.2, -0.15) is 5.26 Å². The minimum Gasteiger partial charge on any atom is -0.421 e. The van der Waals surface area contributed by atoms with Crippen molar-refractivity contribution in [2.75, 3.05) is 0 Å². The molecule has 1 heterocycles. The Morgan fingerprint density at radius 1 is 0.917 bits per heavy atom. The van der Waals surface area contributed by atoms with E-state index in [4.69, 9.17) is 16.0 Å². The Hall–Kier alpha value is -3.09. The highest BCUT2D eigenvalue weighted by atomic mass is 35.5. The van der Waals surface area contributed by atoms with E-state index in [-0.39, 0.29) is 5.56 Å². The Labute approximate surface area is 142 Å². The Morgan fingerprint density at radius 2 is 1.67 bits per heavy atom. The van der Waals surface area contributed by atoms with Crippen LogP contribution in [0, 0.1) is 11.3 Å². The van der Waals surface area contributed by atoms with Crippen LogP contribution in [-0.2, 0) is 0 Å². The third-order valence-corrected chi connectivity index (χ3v) is 4.29. The number of hydrogen-bond donors (Lipinski definition) is 0. The molecule has 0 atom stereocenters. The molecule has 0 unspecified atom stereocenters. The van der Waals surface area contributed by atoms with Crippen LogP contribution in [0.15, 0.2) is 69.9 Å². The molecule has 0 saturated carbocycles. The third kappa shape index (κ3) is 2.17. The van der Waals surface area contributed by atoms with Crippen LogP contribution in [0.4, 0.5) is 0 Å². The van der Waals surface area contributed by atoms with Crippen LogP contribution in [0.2, 0.25) is 5.02 Å². The summed E-state index contributed by atoms with van der Waals surface area (Å²) in [5.74, 6) is 0. The van der Waals surface area contributed by atoms with Gasteiger partial charge in [0.05, 0.1) is 0 Å². The zero-order chi connectivity index (χ0) is 16.7. The van der Waals surface area contributed by atoms with Crippen LogP contribution in [0.5, 0.6) is 0 Å². The van der Waals surface area contributed by atoms with Crippen LogP contribution in [0.1, 0.15) is 5.56 Å². The molecule has 0 radical (unpaired) electrons. The first kappa shape index (κ1) is 14.5. The summed E-state index contributed by atoms with van der Waals surface area (Å²) >= 11 is 5.96. The van der Waals surface area contributed by atoms with E-state index in [0.717, 1.165) is 21.7 Å². The standard InChI is InChI=1S/C20H10ClNO2/c21-14-8-5-13(6-9-14)18-16-10-7-12-3-1-2-4-15(12)19(16)24-20(23)17(18)11-22/h1-10H. The number of rotatable bonds is 1. The number of nitriles is 1. The molecule has 0 aliphatic carbocycles. The predicted molar refractivity (Wildman–Crippen MR) is 95.2 cm³/mol. The largest absolute Gasteiger partial charge is 0.421 e. The monoisotopic (exact) mass is 331 g/mol. The van der Waals surface area contributed by atoms with Crippen molar-refractivity contribution < 1.29 is 4.42 Å². The smallest absolute Gasteiger partial charge is 0.354 e. The summed E-state index contributed by atoms with van der Waals surface area (Å²) in [7, 11) is 0. The van der Waals surface area contributed by atoms with Crippen molar-refractivity contribution in [2.24, 2.45) is 0 Å². The molecule has 3 nitrogen and oxygen atoms in total. The summed E-state index contributed by atoms with van der Waals surface area (Å²) in [4.78, 5) is 12.4. The van der Waals surface area contributed by atoms with E-state index < -0.39 is 5.63 Å². The Bertz CT molecular complexity index is 1180. The van der Waals surface area contributed by atoms with Gasteiger partial charge >= 0.3 is 5.63 Å². The molecule has 0 aliphatic heterocycles. The Kier molecular flexibility index (Phi) is 3.34. The predicted octanol–water partition coefficient (Wildman–Crippen LogP) is 5.14. The van der Waals surface area contributed by atoms with E-state index in [2.05, 4.69) is 0 Å². The summed E-state index contributed by atoms with van der Waals surface area (Å²) in [6.07, 6.45) is 0. The van der Waals surface area contributed by atoms with Crippen LogP contribution in [0.25, 0.3) is 32.9 Å². The molecule has 4 rings (SSSR count). The lowest BCUT2D eigenvalue weighted by molar-refractivity contribution is 0.562. The average Bonchev–Trinajstić information content (AvgIpc) is 2.61. The highest BCUT2D eigenvalue weighted by molar-refractivity contribution is 6.30. The number of nitrogens with zero attached hydrogens (tertiary/aromatic N) is 1. The normalized spacial score (nSPS) is 10.8. The summed E-state index contributed by atoms with van der Waals surface area (Å²) in [6, 6.07) is 20.6. The van der Waals surface area contributed by atoms with Crippen molar-refractivity contribution in [3.8, 4) is 17.2 Å². The minimum atomic E-state index is -0.633. The van der Waals surface area contributed by atoms with Gasteiger partial charge in [0.25, 0.3) is 0 Å². The van der Waals surface area contributed by atoms with Crippen molar-refractivity contribution >= 4 is 33.3 Å². The van der Waals surface area contributed by atoms with Gasteiger partial charge in [-0.05, 0) is 29.1 Å². The van der Waals surface area contributed by atoms with Crippen LogP contribution in [-0.4, -0.2) is 0 Å². The van der Waals surface area contributed by atoms with Gasteiger partial charge in [0.15, 0.2) is 0 Å². The van der Waals surface area contributed by atoms with Gasteiger partial charge in [-0.3, -0.25) is 0 Å².